The number of nitrogens with zero attached hydrogens (tertiary/aromatic N) is 2. The molecule has 2 aliphatic rings. The fraction of sp³-hybridized carbons (Fsp3) is 0.385. The highest BCUT2D eigenvalue weighted by Crippen LogP contribution is 2.27. The first-order chi connectivity index (χ1) is 8.66. The van der Waals surface area contributed by atoms with E-state index in [1.165, 1.54) is 0 Å². The maximum Gasteiger partial charge on any atom is 0.250 e. The maximum atomic E-state index is 12.4. The van der Waals surface area contributed by atoms with E-state index in [0.29, 0.717) is 0 Å². The van der Waals surface area contributed by atoms with E-state index < -0.39 is 0 Å². The Labute approximate surface area is 119 Å². The number of anilines is 1. The van der Waals surface area contributed by atoms with Gasteiger partial charge in [0.15, 0.2) is 0 Å². The van der Waals surface area contributed by atoms with Gasteiger partial charge in [0.1, 0.15) is 12.6 Å². The number of fused-ring (bicyclic) bond motifs is 1. The molecule has 0 bridgehead atoms. The zero-order chi connectivity index (χ0) is 12.7. The molecule has 2 amide bonds. The lowest BCUT2D eigenvalue weighted by molar-refractivity contribution is -0.140. The summed E-state index contributed by atoms with van der Waals surface area (Å²) in [6, 6.07) is 7.48. The lowest BCUT2D eigenvalue weighted by Gasteiger charge is -2.36. The molecule has 2 saturated heterocycles. The Balaban J connectivity index is 1.91. The van der Waals surface area contributed by atoms with Crippen molar-refractivity contribution in [2.75, 3.05) is 18.0 Å². The minimum Gasteiger partial charge on any atom is -0.329 e. The SMILES string of the molecule is O=C1C2CCCN2C(=O)CN1c1ccc(I)cc1. The van der Waals surface area contributed by atoms with Crippen molar-refractivity contribution in [2.45, 2.75) is 18.9 Å². The topological polar surface area (TPSA) is 40.6 Å². The Morgan fingerprint density at radius 3 is 2.61 bits per heavy atom. The summed E-state index contributed by atoms with van der Waals surface area (Å²) in [7, 11) is 0. The molecule has 2 heterocycles. The van der Waals surface area contributed by atoms with Crippen LogP contribution >= 0.6 is 22.6 Å². The van der Waals surface area contributed by atoms with Crippen molar-refractivity contribution in [2.24, 2.45) is 0 Å². The van der Waals surface area contributed by atoms with Crippen LogP contribution < -0.4 is 4.90 Å². The number of carbonyl (C=O) groups excluding carboxylic acids is 2. The summed E-state index contributed by atoms with van der Waals surface area (Å²) in [5.74, 6) is 0.129. The Kier molecular flexibility index (Phi) is 3.01. The molecule has 0 aromatic heterocycles. The number of hydrogen-bond acceptors (Lipinski definition) is 2. The molecule has 2 aliphatic heterocycles. The molecular weight excluding hydrogens is 343 g/mol. The number of amides is 2. The zero-order valence-electron chi connectivity index (χ0n) is 9.80. The molecule has 1 aromatic rings. The monoisotopic (exact) mass is 356 g/mol. The summed E-state index contributed by atoms with van der Waals surface area (Å²) < 4.78 is 1.12. The molecule has 1 aromatic carbocycles. The quantitative estimate of drug-likeness (QED) is 0.718. The summed E-state index contributed by atoms with van der Waals surface area (Å²) in [6.07, 6.45) is 1.73. The van der Waals surface area contributed by atoms with Crippen LogP contribution in [-0.4, -0.2) is 35.8 Å². The van der Waals surface area contributed by atoms with Gasteiger partial charge in [-0.1, -0.05) is 0 Å². The second-order valence-electron chi connectivity index (χ2n) is 4.65. The van der Waals surface area contributed by atoms with Crippen LogP contribution in [0.25, 0.3) is 0 Å². The summed E-state index contributed by atoms with van der Waals surface area (Å²) >= 11 is 2.22. The van der Waals surface area contributed by atoms with Crippen LogP contribution in [0.1, 0.15) is 12.8 Å². The second-order valence-corrected chi connectivity index (χ2v) is 5.89. The van der Waals surface area contributed by atoms with Crippen molar-refractivity contribution in [3.05, 3.63) is 27.8 Å². The average Bonchev–Trinajstić information content (AvgIpc) is 2.85. The van der Waals surface area contributed by atoms with Crippen LogP contribution in [0.5, 0.6) is 0 Å². The van der Waals surface area contributed by atoms with E-state index in [1.807, 2.05) is 24.3 Å². The fourth-order valence-electron chi connectivity index (χ4n) is 2.65. The van der Waals surface area contributed by atoms with E-state index in [1.54, 1.807) is 9.80 Å². The Hall–Kier alpha value is -1.11. The lowest BCUT2D eigenvalue weighted by Crippen LogP contribution is -2.57. The molecule has 0 N–H and O–H groups in total. The van der Waals surface area contributed by atoms with Gasteiger partial charge in [0.2, 0.25) is 11.8 Å². The second kappa shape index (κ2) is 4.53. The minimum atomic E-state index is -0.231. The number of halogens is 1. The normalized spacial score (nSPS) is 23.5. The van der Waals surface area contributed by atoms with Gasteiger partial charge in [0, 0.05) is 15.8 Å². The third-order valence-corrected chi connectivity index (χ3v) is 4.28. The largest absolute Gasteiger partial charge is 0.329 e. The van der Waals surface area contributed by atoms with Gasteiger partial charge >= 0.3 is 0 Å². The first-order valence-electron chi connectivity index (χ1n) is 6.03. The van der Waals surface area contributed by atoms with E-state index in [2.05, 4.69) is 22.6 Å². The van der Waals surface area contributed by atoms with Crippen LogP contribution in [0.4, 0.5) is 5.69 Å². The fourth-order valence-corrected chi connectivity index (χ4v) is 3.00. The maximum absolute atomic E-state index is 12.4. The van der Waals surface area contributed by atoms with Crippen molar-refractivity contribution >= 4 is 40.1 Å². The Morgan fingerprint density at radius 2 is 1.89 bits per heavy atom. The first kappa shape index (κ1) is 12.0. The molecule has 4 nitrogen and oxygen atoms in total. The summed E-state index contributed by atoms with van der Waals surface area (Å²) in [5, 5.41) is 0. The highest BCUT2D eigenvalue weighted by molar-refractivity contribution is 14.1. The van der Waals surface area contributed by atoms with Crippen molar-refractivity contribution in [3.8, 4) is 0 Å². The molecule has 94 valence electrons. The summed E-state index contributed by atoms with van der Waals surface area (Å²) in [4.78, 5) is 27.7. The highest BCUT2D eigenvalue weighted by atomic mass is 127. The molecule has 5 heteroatoms. The van der Waals surface area contributed by atoms with Crippen LogP contribution in [0, 0.1) is 3.57 Å². The molecule has 18 heavy (non-hydrogen) atoms. The standard InChI is InChI=1S/C13H13IN2O2/c14-9-3-5-10(6-4-9)16-8-12(17)15-7-1-2-11(15)13(16)18/h3-6,11H,1-2,7-8H2. The molecule has 0 aliphatic carbocycles. The van der Waals surface area contributed by atoms with E-state index in [4.69, 9.17) is 0 Å². The number of benzene rings is 1. The summed E-state index contributed by atoms with van der Waals surface area (Å²) in [5.41, 5.74) is 0.820. The summed E-state index contributed by atoms with van der Waals surface area (Å²) in [6.45, 7) is 0.908. The third-order valence-electron chi connectivity index (χ3n) is 3.56. The predicted molar refractivity (Wildman–Crippen MR) is 76.2 cm³/mol. The average molecular weight is 356 g/mol. The van der Waals surface area contributed by atoms with Gasteiger partial charge in [-0.3, -0.25) is 9.59 Å². The van der Waals surface area contributed by atoms with E-state index >= 15 is 0 Å². The minimum absolute atomic E-state index is 0.0632. The lowest BCUT2D eigenvalue weighted by atomic mass is 10.1. The zero-order valence-corrected chi connectivity index (χ0v) is 12.0. The van der Waals surface area contributed by atoms with E-state index in [-0.39, 0.29) is 24.4 Å². The van der Waals surface area contributed by atoms with Crippen LogP contribution in [-0.2, 0) is 9.59 Å². The molecule has 0 saturated carbocycles. The predicted octanol–water partition coefficient (Wildman–Crippen LogP) is 1.63. The van der Waals surface area contributed by atoms with Crippen molar-refractivity contribution < 1.29 is 9.59 Å². The molecule has 3 rings (SSSR count). The van der Waals surface area contributed by atoms with E-state index in [0.717, 1.165) is 28.6 Å². The number of hydrogen-bond donors (Lipinski definition) is 0. The smallest absolute Gasteiger partial charge is 0.250 e. The van der Waals surface area contributed by atoms with Gasteiger partial charge in [-0.2, -0.15) is 0 Å². The molecule has 0 radical (unpaired) electrons. The molecule has 2 fully saturated rings. The highest BCUT2D eigenvalue weighted by Gasteiger charge is 2.42. The van der Waals surface area contributed by atoms with Gasteiger partial charge in [0.25, 0.3) is 0 Å². The van der Waals surface area contributed by atoms with Gasteiger partial charge < -0.3 is 9.80 Å². The Morgan fingerprint density at radius 1 is 1.17 bits per heavy atom. The number of piperazine rings is 1. The third kappa shape index (κ3) is 1.90. The Bertz CT molecular complexity index is 500. The van der Waals surface area contributed by atoms with Gasteiger partial charge in [-0.25, -0.2) is 0 Å². The van der Waals surface area contributed by atoms with Crippen molar-refractivity contribution in [3.63, 3.8) is 0 Å². The van der Waals surface area contributed by atoms with Crippen LogP contribution in [0.3, 0.4) is 0 Å². The van der Waals surface area contributed by atoms with Crippen molar-refractivity contribution in [1.29, 1.82) is 0 Å². The number of carbonyl (C=O) groups is 2. The van der Waals surface area contributed by atoms with Gasteiger partial charge in [0.05, 0.1) is 0 Å². The molecule has 0 spiro atoms. The molecule has 1 atom stereocenters. The van der Waals surface area contributed by atoms with Crippen LogP contribution in [0.15, 0.2) is 24.3 Å². The van der Waals surface area contributed by atoms with Gasteiger partial charge in [-0.15, -0.1) is 0 Å². The van der Waals surface area contributed by atoms with Gasteiger partial charge in [-0.05, 0) is 59.7 Å². The molecule has 1 unspecified atom stereocenters. The van der Waals surface area contributed by atoms with Crippen LogP contribution in [0.2, 0.25) is 0 Å². The van der Waals surface area contributed by atoms with E-state index in [9.17, 15) is 9.59 Å². The first-order valence-corrected chi connectivity index (χ1v) is 7.11. The van der Waals surface area contributed by atoms with Crippen molar-refractivity contribution in [1.82, 2.24) is 4.90 Å². The molecular formula is C13H13IN2O2. The number of rotatable bonds is 1.